The van der Waals surface area contributed by atoms with E-state index in [1.54, 1.807) is 0 Å². The molecule has 0 aromatic rings. The van der Waals surface area contributed by atoms with Crippen LogP contribution in [0.5, 0.6) is 0 Å². The zero-order valence-electron chi connectivity index (χ0n) is 5.91. The first-order valence-electron chi connectivity index (χ1n) is 1.38. The maximum atomic E-state index is 8.74. The van der Waals surface area contributed by atoms with Crippen molar-refractivity contribution >= 4 is 38.8 Å². The summed E-state index contributed by atoms with van der Waals surface area (Å²) in [6.07, 6.45) is 0. The van der Waals surface area contributed by atoms with Crippen LogP contribution in [-0.4, -0.2) is 53.0 Å². The van der Waals surface area contributed by atoms with Crippen LogP contribution >= 0.6 is 0 Å². The maximum Gasteiger partial charge on any atom is 1.00 e. The monoisotopic (exact) mass is 296 g/mol. The van der Waals surface area contributed by atoms with E-state index in [1.165, 1.54) is 0 Å². The molecule has 12 heteroatoms. The van der Waals surface area contributed by atoms with Gasteiger partial charge >= 0.3 is 57.9 Å². The molecule has 1 unspecified atom stereocenters. The van der Waals surface area contributed by atoms with Gasteiger partial charge in [-0.25, -0.2) is 8.42 Å². The molecule has 0 aliphatic heterocycles. The second-order valence-corrected chi connectivity index (χ2v) is 2.63. The van der Waals surface area contributed by atoms with Crippen LogP contribution in [0.2, 0.25) is 0 Å². The molecule has 0 rings (SSSR count). The molecule has 0 bridgehead atoms. The van der Waals surface area contributed by atoms with E-state index in [0.717, 1.165) is 0 Å². The van der Waals surface area contributed by atoms with E-state index in [-0.39, 0.29) is 47.5 Å². The van der Waals surface area contributed by atoms with E-state index < -0.39 is 20.8 Å². The maximum absolute atomic E-state index is 8.74. The Morgan fingerprint density at radius 1 is 0.917 bits per heavy atom. The summed E-state index contributed by atoms with van der Waals surface area (Å²) in [6.45, 7) is 0. The molecule has 72 valence electrons. The van der Waals surface area contributed by atoms with Crippen LogP contribution in [0, 0.1) is 0 Å². The molecule has 0 aliphatic rings. The van der Waals surface area contributed by atoms with Crippen LogP contribution in [0.25, 0.3) is 0 Å². The quantitative estimate of drug-likeness (QED) is 0.227. The Morgan fingerprint density at radius 3 is 0.917 bits per heavy atom. The molecule has 0 aliphatic carbocycles. The molecule has 0 fully saturated rings. The zero-order chi connectivity index (χ0) is 9.00. The predicted molar refractivity (Wildman–Crippen MR) is 36.4 cm³/mol. The van der Waals surface area contributed by atoms with E-state index in [1.807, 2.05) is 0 Å². The number of hydrogen-bond donors (Lipinski definition) is 3. The smallest absolute Gasteiger partial charge is 1.00 e. The van der Waals surface area contributed by atoms with Gasteiger partial charge in [-0.05, 0) is 0 Å². The molecule has 0 amide bonds. The summed E-state index contributed by atoms with van der Waals surface area (Å²) in [5, 5.41) is 0. The van der Waals surface area contributed by atoms with Crippen molar-refractivity contribution in [1.29, 1.82) is 0 Å². The first-order valence-corrected chi connectivity index (χ1v) is 4.14. The SMILES string of the molecule is O=S(=O)(O)O.O=S(=O)([O-])O.[AsH3].[Na+]. The Morgan fingerprint density at radius 2 is 0.917 bits per heavy atom. The van der Waals surface area contributed by atoms with E-state index in [0.29, 0.717) is 0 Å². The number of hydrogen-bond acceptors (Lipinski definition) is 5. The Bertz CT molecular complexity index is 213. The van der Waals surface area contributed by atoms with Crippen molar-refractivity contribution in [3.8, 4) is 0 Å². The minimum atomic E-state index is -4.92. The second kappa shape index (κ2) is 8.88. The molecular weight excluding hydrogens is 290 g/mol. The zero-order valence-corrected chi connectivity index (χ0v) is 12.5. The van der Waals surface area contributed by atoms with Crippen molar-refractivity contribution in [2.45, 2.75) is 0 Å². The van der Waals surface area contributed by atoms with Crippen molar-refractivity contribution in [1.82, 2.24) is 0 Å². The van der Waals surface area contributed by atoms with Crippen LogP contribution in [-0.2, 0) is 20.8 Å². The van der Waals surface area contributed by atoms with Crippen LogP contribution in [0.3, 0.4) is 0 Å². The minimum Gasteiger partial charge on any atom is 1.00 e. The van der Waals surface area contributed by atoms with Crippen molar-refractivity contribution in [3.05, 3.63) is 0 Å². The van der Waals surface area contributed by atoms with Gasteiger partial charge in [0.1, 0.15) is 0 Å². The van der Waals surface area contributed by atoms with Gasteiger partial charge in [0.15, 0.2) is 0 Å². The summed E-state index contributed by atoms with van der Waals surface area (Å²) in [4.78, 5) is 0. The van der Waals surface area contributed by atoms with Crippen molar-refractivity contribution in [3.63, 3.8) is 0 Å². The van der Waals surface area contributed by atoms with Crippen LogP contribution in [0.1, 0.15) is 0 Å². The molecule has 0 saturated heterocycles. The fraction of sp³-hybridized carbons (Fsp3) is 0. The van der Waals surface area contributed by atoms with Gasteiger partial charge in [0.25, 0.3) is 0 Å². The molecule has 12 heavy (non-hydrogen) atoms. The Labute approximate surface area is 102 Å². The van der Waals surface area contributed by atoms with Gasteiger partial charge in [-0.3, -0.25) is 13.7 Å². The molecule has 0 aromatic heterocycles. The summed E-state index contributed by atoms with van der Waals surface area (Å²) < 4.78 is 64.4. The predicted octanol–water partition coefficient (Wildman–Crippen LogP) is -5.83. The molecule has 0 heterocycles. The van der Waals surface area contributed by atoms with Gasteiger partial charge in [-0.1, -0.05) is 0 Å². The Kier molecular flexibility index (Phi) is 17.2. The summed E-state index contributed by atoms with van der Waals surface area (Å²) in [5.41, 5.74) is 0. The van der Waals surface area contributed by atoms with Gasteiger partial charge in [-0.15, -0.1) is 0 Å². The van der Waals surface area contributed by atoms with Crippen LogP contribution < -0.4 is 29.6 Å². The van der Waals surface area contributed by atoms with Crippen molar-refractivity contribution in [2.24, 2.45) is 0 Å². The Hall–Kier alpha value is 1.30. The molecule has 8 nitrogen and oxygen atoms in total. The molecule has 0 aromatic carbocycles. The molecule has 0 radical (unpaired) electrons. The van der Waals surface area contributed by atoms with Gasteiger partial charge < -0.3 is 4.55 Å². The minimum absolute atomic E-state index is 0. The van der Waals surface area contributed by atoms with Crippen LogP contribution in [0.4, 0.5) is 0 Å². The summed E-state index contributed by atoms with van der Waals surface area (Å²) in [7, 11) is -9.58. The van der Waals surface area contributed by atoms with Crippen molar-refractivity contribution in [2.75, 3.05) is 0 Å². The molecule has 1 atom stereocenters. The standard InChI is InChI=1S/AsH3.Na.2H2O4S/c;;2*1-5(2,3)4/h1H3;;2*(H2,1,2,3,4)/q;+1;;/p-1. The fourth-order valence-corrected chi connectivity index (χ4v) is 0. The number of rotatable bonds is 0. The van der Waals surface area contributed by atoms with Gasteiger partial charge in [0, 0.05) is 0 Å². The molecule has 0 saturated carbocycles. The van der Waals surface area contributed by atoms with Crippen LogP contribution in [0.15, 0.2) is 0 Å². The summed E-state index contributed by atoms with van der Waals surface area (Å²) in [5.74, 6) is 0. The average molecular weight is 296 g/mol. The Balaban J connectivity index is -0.0000000457. The molecule has 3 N–H and O–H groups in total. The van der Waals surface area contributed by atoms with E-state index in [2.05, 4.69) is 0 Å². The first-order chi connectivity index (χ1) is 4.00. The van der Waals surface area contributed by atoms with E-state index >= 15 is 0 Å². The van der Waals surface area contributed by atoms with Gasteiger partial charge in [0.2, 0.25) is 10.4 Å². The summed E-state index contributed by atoms with van der Waals surface area (Å²) >= 11 is 0. The van der Waals surface area contributed by atoms with E-state index in [9.17, 15) is 0 Å². The normalized spacial score (nSPS) is 9.67. The third-order valence-electron chi connectivity index (χ3n) is 0. The third kappa shape index (κ3) is 711. The van der Waals surface area contributed by atoms with E-state index in [4.69, 9.17) is 35.0 Å². The van der Waals surface area contributed by atoms with Gasteiger partial charge in [0.05, 0.1) is 0 Å². The van der Waals surface area contributed by atoms with Gasteiger partial charge in [-0.2, -0.15) is 8.42 Å². The largest absolute Gasteiger partial charge is 1.00 e. The van der Waals surface area contributed by atoms with Crippen molar-refractivity contribution < 1.29 is 64.6 Å². The third-order valence-corrected chi connectivity index (χ3v) is 0. The fourth-order valence-electron chi connectivity index (χ4n) is 0. The summed E-state index contributed by atoms with van der Waals surface area (Å²) in [6, 6.07) is 0. The molecule has 0 spiro atoms. The topological polar surface area (TPSA) is 152 Å². The molecular formula is H6AsNaO8S2. The second-order valence-electron chi connectivity index (χ2n) is 0.876. The first kappa shape index (κ1) is 23.3. The average Bonchev–Trinajstić information content (AvgIpc) is 1.12.